The molecule has 4 aromatic carbocycles. The number of esters is 1. The second-order valence-electron chi connectivity index (χ2n) is 8.03. The molecule has 2 N–H and O–H groups in total. The number of hydrogen-bond donors (Lipinski definition) is 2. The minimum Gasteiger partial charge on any atom is -0.422 e. The van der Waals surface area contributed by atoms with Gasteiger partial charge in [0, 0.05) is 16.1 Å². The van der Waals surface area contributed by atoms with Crippen molar-refractivity contribution in [3.63, 3.8) is 0 Å². The molecule has 1 heterocycles. The lowest BCUT2D eigenvalue weighted by atomic mass is 10.0. The summed E-state index contributed by atoms with van der Waals surface area (Å²) in [7, 11) is 0. The molecule has 0 fully saturated rings. The number of hydrogen-bond acceptors (Lipinski definition) is 8. The molecule has 11 heteroatoms. The van der Waals surface area contributed by atoms with Crippen LogP contribution in [0.5, 0.6) is 5.75 Å². The molecule has 0 saturated carbocycles. The van der Waals surface area contributed by atoms with E-state index in [-0.39, 0.29) is 10.9 Å². The van der Waals surface area contributed by atoms with Gasteiger partial charge in [0.2, 0.25) is 5.13 Å². The summed E-state index contributed by atoms with van der Waals surface area (Å²) in [6.07, 6.45) is 1.32. The third-order valence-electron chi connectivity index (χ3n) is 5.45. The van der Waals surface area contributed by atoms with Crippen molar-refractivity contribution in [1.29, 1.82) is 0 Å². The topological polar surface area (TPSA) is 123 Å². The van der Waals surface area contributed by atoms with Crippen LogP contribution in [0.2, 0.25) is 5.02 Å². The van der Waals surface area contributed by atoms with E-state index in [0.29, 0.717) is 21.2 Å². The molecule has 5 aromatic rings. The van der Waals surface area contributed by atoms with E-state index in [4.69, 9.17) is 16.3 Å². The Kier molecular flexibility index (Phi) is 7.67. The van der Waals surface area contributed by atoms with Crippen LogP contribution in [0.1, 0.15) is 15.9 Å². The molecule has 0 bridgehead atoms. The molecule has 9 nitrogen and oxygen atoms in total. The summed E-state index contributed by atoms with van der Waals surface area (Å²) in [6, 6.07) is 26.4. The number of rotatable bonds is 6. The lowest BCUT2D eigenvalue weighted by molar-refractivity contribution is -0.136. The van der Waals surface area contributed by atoms with Crippen molar-refractivity contribution in [2.24, 2.45) is 5.10 Å². The number of anilines is 1. The molecule has 39 heavy (non-hydrogen) atoms. The fourth-order valence-corrected chi connectivity index (χ4v) is 4.44. The Hall–Kier alpha value is -4.93. The molecule has 1 aromatic heterocycles. The smallest absolute Gasteiger partial charge is 0.343 e. The first kappa shape index (κ1) is 25.7. The summed E-state index contributed by atoms with van der Waals surface area (Å²) in [5, 5.41) is 17.1. The lowest BCUT2D eigenvalue weighted by Gasteiger charge is -2.10. The monoisotopic (exact) mass is 555 g/mol. The first-order chi connectivity index (χ1) is 19.0. The van der Waals surface area contributed by atoms with Crippen LogP contribution < -0.4 is 15.5 Å². The summed E-state index contributed by atoms with van der Waals surface area (Å²) < 4.78 is 5.62. The number of benzene rings is 4. The number of halogens is 1. The van der Waals surface area contributed by atoms with Crippen molar-refractivity contribution < 1.29 is 19.1 Å². The van der Waals surface area contributed by atoms with Crippen molar-refractivity contribution in [1.82, 2.24) is 15.6 Å². The van der Waals surface area contributed by atoms with Gasteiger partial charge in [-0.1, -0.05) is 83.6 Å². The molecule has 0 aliphatic rings. The van der Waals surface area contributed by atoms with Crippen LogP contribution in [0.4, 0.5) is 5.13 Å². The third-order valence-corrected chi connectivity index (χ3v) is 6.59. The predicted octanol–water partition coefficient (Wildman–Crippen LogP) is 5.32. The fourth-order valence-electron chi connectivity index (χ4n) is 3.57. The Morgan fingerprint density at radius 3 is 2.38 bits per heavy atom. The van der Waals surface area contributed by atoms with E-state index >= 15 is 0 Å². The maximum Gasteiger partial charge on any atom is 0.343 e. The molecule has 0 aliphatic carbocycles. The summed E-state index contributed by atoms with van der Waals surface area (Å²) >= 11 is 7.04. The van der Waals surface area contributed by atoms with Crippen molar-refractivity contribution in [3.05, 3.63) is 107 Å². The second kappa shape index (κ2) is 11.6. The molecule has 2 amide bonds. The predicted molar refractivity (Wildman–Crippen MR) is 150 cm³/mol. The zero-order valence-corrected chi connectivity index (χ0v) is 21.6. The Morgan fingerprint density at radius 2 is 1.59 bits per heavy atom. The van der Waals surface area contributed by atoms with Crippen molar-refractivity contribution in [2.45, 2.75) is 0 Å². The zero-order valence-electron chi connectivity index (χ0n) is 20.0. The van der Waals surface area contributed by atoms with Crippen LogP contribution in [-0.2, 0) is 9.59 Å². The Labute approximate surface area is 231 Å². The highest BCUT2D eigenvalue weighted by molar-refractivity contribution is 7.18. The molecule has 0 aliphatic heterocycles. The number of nitrogens with one attached hydrogen (secondary N) is 2. The van der Waals surface area contributed by atoms with Crippen LogP contribution in [0.3, 0.4) is 0 Å². The van der Waals surface area contributed by atoms with Gasteiger partial charge >= 0.3 is 17.8 Å². The summed E-state index contributed by atoms with van der Waals surface area (Å²) in [5.74, 6) is -2.34. The largest absolute Gasteiger partial charge is 0.422 e. The minimum atomic E-state index is -1.01. The van der Waals surface area contributed by atoms with E-state index in [9.17, 15) is 14.4 Å². The Morgan fingerprint density at radius 1 is 0.846 bits per heavy atom. The number of carbonyl (C=O) groups is 3. The first-order valence-electron chi connectivity index (χ1n) is 11.5. The maximum atomic E-state index is 12.7. The van der Waals surface area contributed by atoms with E-state index in [1.807, 2.05) is 54.6 Å². The SMILES string of the molecule is O=C(NN=Cc1c(OC(=O)c2ccc(Cl)cc2)ccc2ccccc12)C(=O)Nc1nnc(-c2ccccc2)s1. The quantitative estimate of drug-likeness (QED) is 0.0961. The molecule has 192 valence electrons. The molecule has 5 rings (SSSR count). The summed E-state index contributed by atoms with van der Waals surface area (Å²) in [5.41, 5.74) is 3.78. The van der Waals surface area contributed by atoms with Gasteiger partial charge < -0.3 is 4.74 Å². The van der Waals surface area contributed by atoms with Gasteiger partial charge in [-0.2, -0.15) is 5.10 Å². The number of fused-ring (bicyclic) bond motifs is 1. The Bertz CT molecular complexity index is 1700. The minimum absolute atomic E-state index is 0.170. The van der Waals surface area contributed by atoms with Crippen molar-refractivity contribution >= 4 is 62.8 Å². The zero-order chi connectivity index (χ0) is 27.2. The van der Waals surface area contributed by atoms with Crippen LogP contribution in [-0.4, -0.2) is 34.2 Å². The molecular formula is C28H18ClN5O4S. The number of amides is 2. The first-order valence-corrected chi connectivity index (χ1v) is 12.7. The Balaban J connectivity index is 1.30. The highest BCUT2D eigenvalue weighted by atomic mass is 35.5. The van der Waals surface area contributed by atoms with Gasteiger partial charge in [0.15, 0.2) is 0 Å². The number of nitrogens with zero attached hydrogens (tertiary/aromatic N) is 3. The summed E-state index contributed by atoms with van der Waals surface area (Å²) in [6.45, 7) is 0. The van der Waals surface area contributed by atoms with Crippen molar-refractivity contribution in [2.75, 3.05) is 5.32 Å². The third kappa shape index (κ3) is 6.15. The molecule has 0 unspecified atom stereocenters. The fraction of sp³-hybridized carbons (Fsp3) is 0. The number of carbonyl (C=O) groups excluding carboxylic acids is 3. The highest BCUT2D eigenvalue weighted by Gasteiger charge is 2.17. The van der Waals surface area contributed by atoms with Gasteiger partial charge in [0.05, 0.1) is 11.8 Å². The molecule has 0 atom stereocenters. The number of hydrazone groups is 1. The second-order valence-corrected chi connectivity index (χ2v) is 9.44. The van der Waals surface area contributed by atoms with E-state index in [1.165, 1.54) is 6.21 Å². The van der Waals surface area contributed by atoms with Gasteiger partial charge in [-0.25, -0.2) is 10.2 Å². The summed E-state index contributed by atoms with van der Waals surface area (Å²) in [4.78, 5) is 37.5. The molecule has 0 radical (unpaired) electrons. The average molecular weight is 556 g/mol. The van der Waals surface area contributed by atoms with Gasteiger partial charge in [-0.3, -0.25) is 14.9 Å². The standard InChI is InChI=1S/C28H18ClN5O4S/c29-20-13-10-19(11-14-20)27(37)38-23-15-12-17-6-4-5-9-21(17)22(23)16-30-32-25(36)24(35)31-28-34-33-26(39-28)18-7-2-1-3-8-18/h1-16H,(H,32,36)(H,31,34,35). The van der Waals surface area contributed by atoms with E-state index in [2.05, 4.69) is 26.0 Å². The highest BCUT2D eigenvalue weighted by Crippen LogP contribution is 2.28. The molecule has 0 saturated heterocycles. The van der Waals surface area contributed by atoms with E-state index in [0.717, 1.165) is 27.7 Å². The van der Waals surface area contributed by atoms with Crippen LogP contribution in [0.25, 0.3) is 21.3 Å². The van der Waals surface area contributed by atoms with Gasteiger partial charge in [0.1, 0.15) is 10.8 Å². The lowest BCUT2D eigenvalue weighted by Crippen LogP contribution is -2.32. The van der Waals surface area contributed by atoms with E-state index in [1.54, 1.807) is 36.4 Å². The van der Waals surface area contributed by atoms with Crippen molar-refractivity contribution in [3.8, 4) is 16.3 Å². The maximum absolute atomic E-state index is 12.7. The number of aromatic nitrogens is 2. The molecular weight excluding hydrogens is 538 g/mol. The van der Waals surface area contributed by atoms with Gasteiger partial charge in [-0.05, 0) is 41.1 Å². The molecule has 0 spiro atoms. The van der Waals surface area contributed by atoms with Gasteiger partial charge in [0.25, 0.3) is 0 Å². The van der Waals surface area contributed by atoms with Gasteiger partial charge in [-0.15, -0.1) is 10.2 Å². The normalized spacial score (nSPS) is 10.9. The van der Waals surface area contributed by atoms with E-state index < -0.39 is 17.8 Å². The van der Waals surface area contributed by atoms with Crippen LogP contribution >= 0.6 is 22.9 Å². The number of ether oxygens (including phenoxy) is 1. The van der Waals surface area contributed by atoms with Crippen LogP contribution in [0.15, 0.2) is 96.1 Å². The van der Waals surface area contributed by atoms with Crippen LogP contribution in [0, 0.1) is 0 Å². The average Bonchev–Trinajstić information content (AvgIpc) is 3.43.